The summed E-state index contributed by atoms with van der Waals surface area (Å²) in [5.41, 5.74) is 0. The largest absolute Gasteiger partial charge is 0.288 e. The van der Waals surface area contributed by atoms with Crippen LogP contribution >= 0.6 is 23.1 Å². The van der Waals surface area contributed by atoms with Gasteiger partial charge in [0.1, 0.15) is 5.01 Å². The lowest BCUT2D eigenvalue weighted by atomic mass is 10.4. The fraction of sp³-hybridized carbons (Fsp3) is 0.333. The van der Waals surface area contributed by atoms with E-state index >= 15 is 0 Å². The Morgan fingerprint density at radius 3 is 3.23 bits per heavy atom. The minimum Gasteiger partial charge on any atom is -0.288 e. The molecule has 70 valence electrons. The van der Waals surface area contributed by atoms with E-state index in [-0.39, 0.29) is 5.12 Å². The van der Waals surface area contributed by atoms with Crippen LogP contribution in [0.15, 0.2) is 17.7 Å². The molecule has 1 heterocycles. The third-order valence-electron chi connectivity index (χ3n) is 1.30. The highest BCUT2D eigenvalue weighted by molar-refractivity contribution is 8.13. The van der Waals surface area contributed by atoms with Crippen molar-refractivity contribution < 1.29 is 4.79 Å². The first-order valence-electron chi connectivity index (χ1n) is 3.98. The van der Waals surface area contributed by atoms with Crippen LogP contribution in [0, 0.1) is 0 Å². The highest BCUT2D eigenvalue weighted by Crippen LogP contribution is 2.08. The summed E-state index contributed by atoms with van der Waals surface area (Å²) in [7, 11) is 0. The van der Waals surface area contributed by atoms with Gasteiger partial charge in [0.25, 0.3) is 0 Å². The molecule has 0 radical (unpaired) electrons. The van der Waals surface area contributed by atoms with Gasteiger partial charge in [0, 0.05) is 24.3 Å². The molecule has 0 bridgehead atoms. The predicted octanol–water partition coefficient (Wildman–Crippen LogP) is 2.83. The minimum atomic E-state index is 0.183. The van der Waals surface area contributed by atoms with E-state index in [4.69, 9.17) is 0 Å². The highest BCUT2D eigenvalue weighted by atomic mass is 32.2. The Balaban J connectivity index is 2.16. The lowest BCUT2D eigenvalue weighted by Crippen LogP contribution is -1.83. The zero-order valence-corrected chi connectivity index (χ0v) is 9.03. The Bertz CT molecular complexity index is 280. The van der Waals surface area contributed by atoms with Crippen LogP contribution in [0.3, 0.4) is 0 Å². The second-order valence-electron chi connectivity index (χ2n) is 2.40. The average molecular weight is 213 g/mol. The fourth-order valence-electron chi connectivity index (χ4n) is 0.772. The van der Waals surface area contributed by atoms with E-state index in [1.54, 1.807) is 24.5 Å². The van der Waals surface area contributed by atoms with E-state index in [2.05, 4.69) is 11.1 Å². The number of rotatable bonds is 4. The van der Waals surface area contributed by atoms with E-state index in [1.807, 2.05) is 11.5 Å². The summed E-state index contributed by atoms with van der Waals surface area (Å²) in [4.78, 5) is 14.7. The first-order valence-corrected chi connectivity index (χ1v) is 5.85. The van der Waals surface area contributed by atoms with E-state index in [1.165, 1.54) is 11.8 Å². The van der Waals surface area contributed by atoms with Crippen molar-refractivity contribution in [2.24, 2.45) is 0 Å². The van der Waals surface area contributed by atoms with Crippen LogP contribution in [0.1, 0.15) is 18.4 Å². The number of allylic oxidation sites excluding steroid dienone is 1. The maximum atomic E-state index is 10.6. The van der Waals surface area contributed by atoms with Crippen molar-refractivity contribution in [3.63, 3.8) is 0 Å². The number of nitrogens with zero attached hydrogens (tertiary/aromatic N) is 1. The molecule has 0 unspecified atom stereocenters. The van der Waals surface area contributed by atoms with Gasteiger partial charge in [-0.25, -0.2) is 4.98 Å². The first kappa shape index (κ1) is 10.5. The Morgan fingerprint density at radius 2 is 2.62 bits per heavy atom. The molecule has 1 aromatic heterocycles. The second kappa shape index (κ2) is 5.94. The Morgan fingerprint density at radius 1 is 1.77 bits per heavy atom. The van der Waals surface area contributed by atoms with Gasteiger partial charge in [-0.3, -0.25) is 4.79 Å². The van der Waals surface area contributed by atoms with Crippen LogP contribution in [0.25, 0.3) is 6.08 Å². The molecule has 0 aliphatic rings. The molecule has 0 aliphatic carbocycles. The fourth-order valence-corrected chi connectivity index (χ4v) is 1.87. The lowest BCUT2D eigenvalue weighted by Gasteiger charge is -1.90. The lowest BCUT2D eigenvalue weighted by molar-refractivity contribution is -0.109. The number of hydrogen-bond donors (Lipinski definition) is 0. The number of carbonyl (C=O) groups is 1. The van der Waals surface area contributed by atoms with Crippen molar-refractivity contribution in [3.8, 4) is 0 Å². The SMILES string of the molecule is CC(=O)SCCC=Cc1nccs1. The average Bonchev–Trinajstić information content (AvgIpc) is 2.55. The predicted molar refractivity (Wildman–Crippen MR) is 58.9 cm³/mol. The molecule has 4 heteroatoms. The summed E-state index contributed by atoms with van der Waals surface area (Å²) in [5, 5.41) is 3.15. The topological polar surface area (TPSA) is 30.0 Å². The Labute approximate surface area is 86.1 Å². The van der Waals surface area contributed by atoms with Crippen LogP contribution < -0.4 is 0 Å². The Hall–Kier alpha value is -0.610. The summed E-state index contributed by atoms with van der Waals surface area (Å²) < 4.78 is 0. The second-order valence-corrected chi connectivity index (χ2v) is 4.60. The van der Waals surface area contributed by atoms with Gasteiger partial charge in [-0.15, -0.1) is 11.3 Å². The van der Waals surface area contributed by atoms with Gasteiger partial charge in [-0.05, 0) is 12.5 Å². The molecule has 0 aromatic carbocycles. The summed E-state index contributed by atoms with van der Waals surface area (Å²) in [6, 6.07) is 0. The minimum absolute atomic E-state index is 0.183. The third-order valence-corrected chi connectivity index (χ3v) is 2.89. The third kappa shape index (κ3) is 4.85. The molecule has 0 saturated heterocycles. The van der Waals surface area contributed by atoms with Gasteiger partial charge in [0.15, 0.2) is 5.12 Å². The van der Waals surface area contributed by atoms with E-state index in [0.717, 1.165) is 17.2 Å². The Kier molecular flexibility index (Phi) is 4.78. The molecular formula is C9H11NOS2. The van der Waals surface area contributed by atoms with Crippen molar-refractivity contribution in [3.05, 3.63) is 22.7 Å². The monoisotopic (exact) mass is 213 g/mol. The molecular weight excluding hydrogens is 202 g/mol. The first-order chi connectivity index (χ1) is 6.29. The van der Waals surface area contributed by atoms with Crippen molar-refractivity contribution in [2.45, 2.75) is 13.3 Å². The number of carbonyl (C=O) groups excluding carboxylic acids is 1. The molecule has 13 heavy (non-hydrogen) atoms. The molecule has 1 rings (SSSR count). The molecule has 0 atom stereocenters. The van der Waals surface area contributed by atoms with Crippen molar-refractivity contribution >= 4 is 34.3 Å². The number of hydrogen-bond acceptors (Lipinski definition) is 4. The van der Waals surface area contributed by atoms with Gasteiger partial charge in [0.2, 0.25) is 0 Å². The van der Waals surface area contributed by atoms with E-state index < -0.39 is 0 Å². The van der Waals surface area contributed by atoms with Crippen LogP contribution in [0.4, 0.5) is 0 Å². The quantitative estimate of drug-likeness (QED) is 0.720. The van der Waals surface area contributed by atoms with Gasteiger partial charge in [0.05, 0.1) is 0 Å². The molecule has 0 aliphatic heterocycles. The molecule has 1 aromatic rings. The molecule has 0 fully saturated rings. The zero-order chi connectivity index (χ0) is 9.52. The summed E-state index contributed by atoms with van der Waals surface area (Å²) in [5.74, 6) is 0.858. The number of aromatic nitrogens is 1. The normalized spacial score (nSPS) is 10.8. The van der Waals surface area contributed by atoms with Gasteiger partial charge < -0.3 is 0 Å². The number of thiazole rings is 1. The highest BCUT2D eigenvalue weighted by Gasteiger charge is 1.91. The molecule has 0 spiro atoms. The molecule has 0 saturated carbocycles. The van der Waals surface area contributed by atoms with Crippen molar-refractivity contribution in [2.75, 3.05) is 5.75 Å². The standard InChI is InChI=1S/C9H11NOS2/c1-8(11)12-6-3-2-4-9-10-5-7-13-9/h2,4-5,7H,3,6H2,1H3. The van der Waals surface area contributed by atoms with Crippen molar-refractivity contribution in [1.82, 2.24) is 4.98 Å². The molecule has 0 N–H and O–H groups in total. The van der Waals surface area contributed by atoms with E-state index in [0.29, 0.717) is 0 Å². The summed E-state index contributed by atoms with van der Waals surface area (Å²) in [6.07, 6.45) is 6.75. The zero-order valence-electron chi connectivity index (χ0n) is 7.40. The smallest absolute Gasteiger partial charge is 0.185 e. The molecule has 2 nitrogen and oxygen atoms in total. The van der Waals surface area contributed by atoms with Gasteiger partial charge in [-0.2, -0.15) is 0 Å². The maximum Gasteiger partial charge on any atom is 0.185 e. The van der Waals surface area contributed by atoms with Gasteiger partial charge in [-0.1, -0.05) is 17.8 Å². The van der Waals surface area contributed by atoms with Crippen molar-refractivity contribution in [1.29, 1.82) is 0 Å². The van der Waals surface area contributed by atoms with Crippen LogP contribution in [-0.2, 0) is 4.79 Å². The maximum absolute atomic E-state index is 10.6. The van der Waals surface area contributed by atoms with Crippen LogP contribution in [0.5, 0.6) is 0 Å². The van der Waals surface area contributed by atoms with Crippen LogP contribution in [-0.4, -0.2) is 15.9 Å². The van der Waals surface area contributed by atoms with Crippen LogP contribution in [0.2, 0.25) is 0 Å². The van der Waals surface area contributed by atoms with E-state index in [9.17, 15) is 4.79 Å². The summed E-state index contributed by atoms with van der Waals surface area (Å²) >= 11 is 2.98. The summed E-state index contributed by atoms with van der Waals surface area (Å²) in [6.45, 7) is 1.59. The molecule has 0 amide bonds. The number of thioether (sulfide) groups is 1. The van der Waals surface area contributed by atoms with Gasteiger partial charge >= 0.3 is 0 Å².